The Morgan fingerprint density at radius 1 is 0.243 bits per heavy atom. The molecule has 0 radical (unpaired) electrons. The molecule has 4 nitrogen and oxygen atoms in total. The van der Waals surface area contributed by atoms with Crippen molar-refractivity contribution < 1.29 is 0 Å². The summed E-state index contributed by atoms with van der Waals surface area (Å²) in [4.78, 5) is 7.81. The first-order chi connectivity index (χ1) is 53.6. The minimum atomic E-state index is -0.260. The standard InChI is InChI=1S/C106H93BN4/c1-103(2,3)78-48-54-82(55-49-78)108(83-56-50-79(51-57-83)104(4,5)6)84-42-28-41-75(63-84)76-47-59-92-96(64-76)110(101-86(71-33-20-14-21-34-71)43-29-44-87(101)72-35-22-15-23-36-72)98-65-77(70-31-18-13-19-32-70)66-99-100(98)107(92)93-60-58-85(109-94-61-52-80(105(7,8)9)67-90(94)91-68-81(106(10,11)12)53-62-95(91)109)69-97(93)111(99)102-88(73-37-24-16-25-38-73)45-30-46-89(102)74-39-26-17-27-40-74/h13-69H,1-12H3. The second-order valence-electron chi connectivity index (χ2n) is 34.6. The van der Waals surface area contributed by atoms with E-state index in [4.69, 9.17) is 0 Å². The van der Waals surface area contributed by atoms with Crippen LogP contribution < -0.4 is 31.1 Å². The Morgan fingerprint density at radius 3 is 0.991 bits per heavy atom. The summed E-state index contributed by atoms with van der Waals surface area (Å²) in [5.41, 5.74) is 35.7. The second-order valence-corrected chi connectivity index (χ2v) is 34.6. The van der Waals surface area contributed by atoms with E-state index < -0.39 is 0 Å². The third kappa shape index (κ3) is 12.6. The molecule has 0 unspecified atom stereocenters. The Labute approximate surface area is 656 Å². The molecule has 0 spiro atoms. The molecule has 5 heteroatoms. The van der Waals surface area contributed by atoms with Crippen LogP contribution in [0, 0.1) is 0 Å². The molecule has 2 aliphatic rings. The van der Waals surface area contributed by atoms with Crippen LogP contribution in [0.3, 0.4) is 0 Å². The van der Waals surface area contributed by atoms with Gasteiger partial charge in [0.15, 0.2) is 0 Å². The van der Waals surface area contributed by atoms with Gasteiger partial charge in [-0.2, -0.15) is 0 Å². The van der Waals surface area contributed by atoms with Gasteiger partial charge >= 0.3 is 0 Å². The van der Waals surface area contributed by atoms with E-state index in [-0.39, 0.29) is 28.4 Å². The molecule has 1 aromatic heterocycles. The van der Waals surface area contributed by atoms with E-state index in [2.05, 4.69) is 448 Å². The van der Waals surface area contributed by atoms with E-state index in [0.29, 0.717) is 0 Å². The second kappa shape index (κ2) is 27.3. The summed E-state index contributed by atoms with van der Waals surface area (Å²) in [5, 5.41) is 2.51. The third-order valence-corrected chi connectivity index (χ3v) is 23.2. The van der Waals surface area contributed by atoms with Crippen molar-refractivity contribution in [1.82, 2.24) is 4.57 Å². The molecule has 0 fully saturated rings. The molecule has 2 aliphatic heterocycles. The molecule has 111 heavy (non-hydrogen) atoms. The van der Waals surface area contributed by atoms with Crippen LogP contribution in [0.1, 0.15) is 105 Å². The first kappa shape index (κ1) is 70.3. The molecule has 15 aromatic carbocycles. The van der Waals surface area contributed by atoms with Crippen LogP contribution in [-0.2, 0) is 21.7 Å². The number of anilines is 9. The SMILES string of the molecule is CC(C)(C)c1ccc(N(c2ccc(C(C)(C)C)cc2)c2cccc(-c3ccc4c(c3)N(c3c(-c5ccccc5)cccc3-c3ccccc3)c3cc(-c5ccccc5)cc5c3B4c3ccc(-n4c6ccc(C(C)(C)C)cc6c6cc(C(C)(C)C)ccc64)cc3N5c3c(-c4ccccc4)cccc3-c3ccccc3)c2)cc1. The van der Waals surface area contributed by atoms with Crippen LogP contribution in [0.2, 0.25) is 0 Å². The normalized spacial score (nSPS) is 12.8. The van der Waals surface area contributed by atoms with E-state index in [1.165, 1.54) is 60.4 Å². The number of para-hydroxylation sites is 2. The number of nitrogens with zero attached hydrogens (tertiary/aromatic N) is 4. The summed E-state index contributed by atoms with van der Waals surface area (Å²) < 4.78 is 2.55. The van der Waals surface area contributed by atoms with Gasteiger partial charge in [0, 0.05) is 78.5 Å². The number of fused-ring (bicyclic) bond motifs is 7. The molecule has 0 amide bonds. The van der Waals surface area contributed by atoms with Gasteiger partial charge in [0.05, 0.1) is 22.4 Å². The highest BCUT2D eigenvalue weighted by Gasteiger charge is 2.46. The van der Waals surface area contributed by atoms with Crippen molar-refractivity contribution in [2.45, 2.75) is 105 Å². The fourth-order valence-corrected chi connectivity index (χ4v) is 17.3. The molecule has 18 rings (SSSR count). The molecule has 0 atom stereocenters. The topological polar surface area (TPSA) is 14.7 Å². The molecule has 0 aliphatic carbocycles. The van der Waals surface area contributed by atoms with E-state index in [0.717, 1.165) is 124 Å². The number of aromatic nitrogens is 1. The quantitative estimate of drug-likeness (QED) is 0.113. The maximum atomic E-state index is 2.69. The Kier molecular flexibility index (Phi) is 17.3. The predicted molar refractivity (Wildman–Crippen MR) is 477 cm³/mol. The Morgan fingerprint density at radius 2 is 0.586 bits per heavy atom. The molecular formula is C106H93BN4. The zero-order valence-electron chi connectivity index (χ0n) is 65.8. The Bertz CT molecular complexity index is 5970. The lowest BCUT2D eigenvalue weighted by atomic mass is 9.33. The zero-order valence-corrected chi connectivity index (χ0v) is 65.8. The summed E-state index contributed by atoms with van der Waals surface area (Å²) >= 11 is 0. The van der Waals surface area contributed by atoms with Crippen molar-refractivity contribution in [3.63, 3.8) is 0 Å². The molecule has 3 heterocycles. The lowest BCUT2D eigenvalue weighted by molar-refractivity contribution is 0.590. The van der Waals surface area contributed by atoms with Crippen LogP contribution in [0.4, 0.5) is 51.2 Å². The van der Waals surface area contributed by atoms with Crippen molar-refractivity contribution in [1.29, 1.82) is 0 Å². The van der Waals surface area contributed by atoms with Crippen LogP contribution >= 0.6 is 0 Å². The Hall–Kier alpha value is -12.4. The van der Waals surface area contributed by atoms with Crippen LogP contribution in [-0.4, -0.2) is 11.3 Å². The van der Waals surface area contributed by atoms with Gasteiger partial charge in [-0.05, 0) is 196 Å². The average Bonchev–Trinajstić information content (AvgIpc) is 0.835. The number of hydrogen-bond donors (Lipinski definition) is 0. The van der Waals surface area contributed by atoms with Crippen molar-refractivity contribution in [2.24, 2.45) is 0 Å². The summed E-state index contributed by atoms with van der Waals surface area (Å²) in [6.45, 7) is 27.5. The van der Waals surface area contributed by atoms with Gasteiger partial charge in [-0.25, -0.2) is 0 Å². The molecule has 0 saturated heterocycles. The van der Waals surface area contributed by atoms with E-state index >= 15 is 0 Å². The van der Waals surface area contributed by atoms with Gasteiger partial charge < -0.3 is 19.3 Å². The summed E-state index contributed by atoms with van der Waals surface area (Å²) in [6.07, 6.45) is 0. The largest absolute Gasteiger partial charge is 0.310 e. The summed E-state index contributed by atoms with van der Waals surface area (Å²) in [7, 11) is 0. The third-order valence-electron chi connectivity index (χ3n) is 23.2. The van der Waals surface area contributed by atoms with E-state index in [9.17, 15) is 0 Å². The highest BCUT2D eigenvalue weighted by atomic mass is 15.2. The van der Waals surface area contributed by atoms with Crippen LogP contribution in [0.5, 0.6) is 0 Å². The molecule has 16 aromatic rings. The van der Waals surface area contributed by atoms with Gasteiger partial charge in [0.1, 0.15) is 0 Å². The molecule has 0 saturated carbocycles. The lowest BCUT2D eigenvalue weighted by Gasteiger charge is -2.46. The average molecular weight is 1430 g/mol. The molecule has 0 N–H and O–H groups in total. The number of rotatable bonds is 12. The van der Waals surface area contributed by atoms with Gasteiger partial charge in [0.25, 0.3) is 6.71 Å². The molecule has 0 bridgehead atoms. The number of hydrogen-bond acceptors (Lipinski definition) is 3. The molecule has 540 valence electrons. The minimum Gasteiger partial charge on any atom is -0.310 e. The first-order valence-electron chi connectivity index (χ1n) is 39.4. The number of benzene rings is 15. The van der Waals surface area contributed by atoms with Crippen molar-refractivity contribution in [3.05, 3.63) is 368 Å². The summed E-state index contributed by atoms with van der Waals surface area (Å²) in [5.74, 6) is 0. The summed E-state index contributed by atoms with van der Waals surface area (Å²) in [6, 6.07) is 131. The predicted octanol–water partition coefficient (Wildman–Crippen LogP) is 27.5. The highest BCUT2D eigenvalue weighted by molar-refractivity contribution is 7.00. The van der Waals surface area contributed by atoms with E-state index in [1.54, 1.807) is 0 Å². The van der Waals surface area contributed by atoms with Gasteiger partial charge in [-0.3, -0.25) is 0 Å². The fourth-order valence-electron chi connectivity index (χ4n) is 17.3. The first-order valence-corrected chi connectivity index (χ1v) is 39.4. The maximum Gasteiger partial charge on any atom is 0.252 e. The molecular weight excluding hydrogens is 1340 g/mol. The smallest absolute Gasteiger partial charge is 0.252 e. The van der Waals surface area contributed by atoms with Gasteiger partial charge in [-0.15, -0.1) is 0 Å². The highest BCUT2D eigenvalue weighted by Crippen LogP contribution is 2.55. The van der Waals surface area contributed by atoms with Gasteiger partial charge in [-0.1, -0.05) is 338 Å². The van der Waals surface area contributed by atoms with Crippen LogP contribution in [0.15, 0.2) is 346 Å². The van der Waals surface area contributed by atoms with Crippen LogP contribution in [0.25, 0.3) is 94.3 Å². The zero-order chi connectivity index (χ0) is 76.2. The maximum absolute atomic E-state index is 2.69. The fraction of sp³-hybridized carbons (Fsp3) is 0.151. The Balaban J connectivity index is 0.961. The van der Waals surface area contributed by atoms with Crippen molar-refractivity contribution in [3.8, 4) is 72.4 Å². The van der Waals surface area contributed by atoms with Crippen molar-refractivity contribution >= 4 is 96.1 Å². The minimum absolute atomic E-state index is 0.00414. The van der Waals surface area contributed by atoms with Gasteiger partial charge in [0.2, 0.25) is 0 Å². The lowest BCUT2D eigenvalue weighted by Crippen LogP contribution is -2.61. The monoisotopic (exact) mass is 1430 g/mol. The van der Waals surface area contributed by atoms with E-state index in [1.807, 2.05) is 0 Å². The van der Waals surface area contributed by atoms with Crippen molar-refractivity contribution in [2.75, 3.05) is 14.7 Å².